The molecule has 3 aliphatic carbocycles. The molecular formula is C20H21NO5. The molecule has 4 atom stereocenters. The highest BCUT2D eigenvalue weighted by Gasteiger charge is 2.75. The Morgan fingerprint density at radius 3 is 2.85 bits per heavy atom. The zero-order valence-electron chi connectivity index (χ0n) is 14.4. The average molecular weight is 355 g/mol. The molecule has 26 heavy (non-hydrogen) atoms. The van der Waals surface area contributed by atoms with Crippen molar-refractivity contribution in [3.8, 4) is 11.5 Å². The monoisotopic (exact) mass is 355 g/mol. The van der Waals surface area contributed by atoms with E-state index in [1.54, 1.807) is 6.07 Å². The number of Topliss-reactive ketones (excluding diaryl/α,β-unsaturated/α-hetero) is 2. The number of rotatable bonds is 2. The van der Waals surface area contributed by atoms with Gasteiger partial charge in [0.15, 0.2) is 17.6 Å². The van der Waals surface area contributed by atoms with Crippen LogP contribution in [0.15, 0.2) is 12.1 Å². The second-order valence-corrected chi connectivity index (χ2v) is 8.71. The van der Waals surface area contributed by atoms with Crippen molar-refractivity contribution in [2.75, 3.05) is 13.1 Å². The van der Waals surface area contributed by atoms with Crippen molar-refractivity contribution in [1.29, 1.82) is 0 Å². The lowest BCUT2D eigenvalue weighted by atomic mass is 9.48. The summed E-state index contributed by atoms with van der Waals surface area (Å²) in [6, 6.07) is 3.29. The van der Waals surface area contributed by atoms with Crippen LogP contribution in [0.3, 0.4) is 0 Å². The number of aliphatic hydroxyl groups is 1. The zero-order chi connectivity index (χ0) is 17.8. The van der Waals surface area contributed by atoms with Crippen LogP contribution >= 0.6 is 0 Å². The van der Waals surface area contributed by atoms with Crippen LogP contribution in [-0.2, 0) is 21.4 Å². The van der Waals surface area contributed by atoms with E-state index in [1.807, 2.05) is 6.07 Å². The summed E-state index contributed by atoms with van der Waals surface area (Å²) >= 11 is 0. The minimum Gasteiger partial charge on any atom is -0.504 e. The molecule has 0 aromatic heterocycles. The predicted molar refractivity (Wildman–Crippen MR) is 90.2 cm³/mol. The summed E-state index contributed by atoms with van der Waals surface area (Å²) in [5, 5.41) is 22.2. The van der Waals surface area contributed by atoms with Gasteiger partial charge in [-0.2, -0.15) is 0 Å². The molecule has 1 aromatic carbocycles. The highest BCUT2D eigenvalue weighted by Crippen LogP contribution is 2.64. The molecule has 0 amide bonds. The number of nitrogens with zero attached hydrogens (tertiary/aromatic N) is 1. The van der Waals surface area contributed by atoms with Gasteiger partial charge in [-0.25, -0.2) is 0 Å². The van der Waals surface area contributed by atoms with Gasteiger partial charge in [-0.3, -0.25) is 14.5 Å². The number of ketones is 2. The molecular weight excluding hydrogens is 334 g/mol. The maximum Gasteiger partial charge on any atom is 0.239 e. The second kappa shape index (κ2) is 4.49. The van der Waals surface area contributed by atoms with E-state index in [0.717, 1.165) is 24.2 Å². The molecule has 136 valence electrons. The maximum atomic E-state index is 12.7. The van der Waals surface area contributed by atoms with Gasteiger partial charge in [0.1, 0.15) is 5.60 Å². The first kappa shape index (κ1) is 15.2. The van der Waals surface area contributed by atoms with E-state index < -0.39 is 28.7 Å². The number of piperidine rings is 1. The molecule has 5 aliphatic rings. The lowest BCUT2D eigenvalue weighted by Crippen LogP contribution is -2.78. The number of hydrogen-bond acceptors (Lipinski definition) is 6. The second-order valence-electron chi connectivity index (χ2n) is 8.71. The molecule has 2 N–H and O–H groups in total. The molecule has 0 radical (unpaired) electrons. The highest BCUT2D eigenvalue weighted by molar-refractivity contribution is 6.40. The Morgan fingerprint density at radius 1 is 1.27 bits per heavy atom. The zero-order valence-corrected chi connectivity index (χ0v) is 14.4. The summed E-state index contributed by atoms with van der Waals surface area (Å²) in [6.07, 6.45) is 2.48. The van der Waals surface area contributed by atoms with Crippen LogP contribution in [0, 0.1) is 5.92 Å². The van der Waals surface area contributed by atoms with Crippen LogP contribution in [0.1, 0.15) is 36.8 Å². The number of ether oxygens (including phenoxy) is 1. The van der Waals surface area contributed by atoms with E-state index in [9.17, 15) is 19.8 Å². The van der Waals surface area contributed by atoms with Gasteiger partial charge in [-0.1, -0.05) is 6.07 Å². The Morgan fingerprint density at radius 2 is 2.08 bits per heavy atom. The molecule has 2 saturated carbocycles. The number of carbonyl (C=O) groups excluding carboxylic acids is 2. The van der Waals surface area contributed by atoms with Gasteiger partial charge in [0.25, 0.3) is 0 Å². The van der Waals surface area contributed by atoms with E-state index >= 15 is 0 Å². The largest absolute Gasteiger partial charge is 0.504 e. The molecule has 6 heteroatoms. The Labute approximate surface area is 150 Å². The number of benzene rings is 1. The smallest absolute Gasteiger partial charge is 0.239 e. The minimum absolute atomic E-state index is 0.0195. The fourth-order valence-corrected chi connectivity index (χ4v) is 6.12. The van der Waals surface area contributed by atoms with Crippen LogP contribution in [0.25, 0.3) is 0 Å². The Kier molecular flexibility index (Phi) is 2.62. The van der Waals surface area contributed by atoms with E-state index in [0.29, 0.717) is 24.5 Å². The Hall–Kier alpha value is -1.92. The SMILES string of the molecule is O=C1C[C@@]2(O)[C@H]3Cc4ccc(O)c5c4[C@@]2(CCN3CC2CC2)C(O5)C1=O. The minimum atomic E-state index is -1.32. The van der Waals surface area contributed by atoms with Gasteiger partial charge in [0.2, 0.25) is 11.6 Å². The van der Waals surface area contributed by atoms with Crippen LogP contribution in [0.2, 0.25) is 0 Å². The van der Waals surface area contributed by atoms with Crippen LogP contribution < -0.4 is 4.74 Å². The fraction of sp³-hybridized carbons (Fsp3) is 0.600. The number of phenolic OH excluding ortho intramolecular Hbond substituents is 1. The van der Waals surface area contributed by atoms with Gasteiger partial charge < -0.3 is 14.9 Å². The topological polar surface area (TPSA) is 87.1 Å². The first-order chi connectivity index (χ1) is 12.5. The number of phenols is 1. The van der Waals surface area contributed by atoms with E-state index in [1.165, 1.54) is 12.8 Å². The number of hydrogen-bond donors (Lipinski definition) is 2. The first-order valence-electron chi connectivity index (χ1n) is 9.51. The summed E-state index contributed by atoms with van der Waals surface area (Å²) in [4.78, 5) is 27.5. The van der Waals surface area contributed by atoms with E-state index in [2.05, 4.69) is 4.90 Å². The lowest BCUT2D eigenvalue weighted by Gasteiger charge is -2.62. The third-order valence-corrected chi connectivity index (χ3v) is 7.46. The van der Waals surface area contributed by atoms with Crippen molar-refractivity contribution in [2.24, 2.45) is 5.92 Å². The maximum absolute atomic E-state index is 12.7. The van der Waals surface area contributed by atoms with Gasteiger partial charge in [0, 0.05) is 24.6 Å². The van der Waals surface area contributed by atoms with Crippen molar-refractivity contribution < 1.29 is 24.5 Å². The standard InChI is InChI=1S/C20H21NO5/c22-12-4-3-11-7-14-20(25)8-13(23)16(24)18-19(20,15(11)17(12)26-18)5-6-21(14)9-10-1-2-10/h3-4,10,14,18,22,25H,1-2,5-9H2/t14-,18?,19+,20-/m1/s1. The fourth-order valence-electron chi connectivity index (χ4n) is 6.12. The Bertz CT molecular complexity index is 877. The van der Waals surface area contributed by atoms with Gasteiger partial charge in [0.05, 0.1) is 5.41 Å². The number of likely N-dealkylation sites (tertiary alicyclic amines) is 1. The quantitative estimate of drug-likeness (QED) is 0.760. The average Bonchev–Trinajstić information content (AvgIpc) is 3.33. The predicted octanol–water partition coefficient (Wildman–Crippen LogP) is 0.704. The third kappa shape index (κ3) is 1.53. The summed E-state index contributed by atoms with van der Waals surface area (Å²) in [5.74, 6) is -0.160. The van der Waals surface area contributed by atoms with Crippen molar-refractivity contribution >= 4 is 11.6 Å². The molecule has 1 aromatic rings. The van der Waals surface area contributed by atoms with Gasteiger partial charge >= 0.3 is 0 Å². The van der Waals surface area contributed by atoms with Gasteiger partial charge in [-0.05, 0) is 49.8 Å². The van der Waals surface area contributed by atoms with E-state index in [4.69, 9.17) is 4.74 Å². The van der Waals surface area contributed by atoms with Crippen LogP contribution in [0.4, 0.5) is 0 Å². The van der Waals surface area contributed by atoms with Crippen molar-refractivity contribution in [3.63, 3.8) is 0 Å². The van der Waals surface area contributed by atoms with Crippen molar-refractivity contribution in [3.05, 3.63) is 23.3 Å². The molecule has 1 saturated heterocycles. The molecule has 1 unspecified atom stereocenters. The first-order valence-corrected chi connectivity index (χ1v) is 9.51. The molecule has 6 nitrogen and oxygen atoms in total. The van der Waals surface area contributed by atoms with Crippen molar-refractivity contribution in [2.45, 2.75) is 55.3 Å². The summed E-state index contributed by atoms with van der Waals surface area (Å²) in [6.45, 7) is 1.72. The molecule has 6 rings (SSSR count). The van der Waals surface area contributed by atoms with Crippen LogP contribution in [-0.4, -0.2) is 57.5 Å². The number of carbonyl (C=O) groups is 2. The summed E-state index contributed by atoms with van der Waals surface area (Å²) < 4.78 is 5.89. The molecule has 2 bridgehead atoms. The van der Waals surface area contributed by atoms with Crippen LogP contribution in [0.5, 0.6) is 11.5 Å². The molecule has 2 aliphatic heterocycles. The van der Waals surface area contributed by atoms with Crippen molar-refractivity contribution in [1.82, 2.24) is 4.90 Å². The summed E-state index contributed by atoms with van der Waals surface area (Å²) in [5.41, 5.74) is -0.433. The van der Waals surface area contributed by atoms with Gasteiger partial charge in [-0.15, -0.1) is 0 Å². The van der Waals surface area contributed by atoms with E-state index in [-0.39, 0.29) is 18.2 Å². The molecule has 2 heterocycles. The lowest BCUT2D eigenvalue weighted by molar-refractivity contribution is -0.190. The highest BCUT2D eigenvalue weighted by atomic mass is 16.5. The third-order valence-electron chi connectivity index (χ3n) is 7.46. The normalized spacial score (nSPS) is 40.3. The summed E-state index contributed by atoms with van der Waals surface area (Å²) in [7, 11) is 0. The molecule has 1 spiro atoms. The Balaban J connectivity index is 1.60. The molecule has 3 fully saturated rings. The number of aromatic hydroxyl groups is 1.